The standard InChI is InChI=1S/C6H12N2O2/c1-4-5(10-2)3-8(4)6(7)9/h4-5H,3H2,1-2H3,(H2,7,9)/t4-,5+/m1/s1. The van der Waals surface area contributed by atoms with E-state index in [2.05, 4.69) is 0 Å². The SMILES string of the molecule is CO[C@H]1CN(C(N)=O)[C@@H]1C. The van der Waals surface area contributed by atoms with Crippen molar-refractivity contribution in [2.24, 2.45) is 5.73 Å². The van der Waals surface area contributed by atoms with Gasteiger partial charge >= 0.3 is 6.03 Å². The molecule has 4 nitrogen and oxygen atoms in total. The van der Waals surface area contributed by atoms with Gasteiger partial charge in [-0.2, -0.15) is 0 Å². The predicted molar refractivity (Wildman–Crippen MR) is 36.5 cm³/mol. The maximum absolute atomic E-state index is 10.5. The summed E-state index contributed by atoms with van der Waals surface area (Å²) in [4.78, 5) is 12.1. The second kappa shape index (κ2) is 2.46. The van der Waals surface area contributed by atoms with Gasteiger partial charge in [0, 0.05) is 7.11 Å². The minimum atomic E-state index is -0.360. The van der Waals surface area contributed by atoms with Gasteiger partial charge in [-0.15, -0.1) is 0 Å². The number of rotatable bonds is 1. The number of hydrogen-bond donors (Lipinski definition) is 1. The van der Waals surface area contributed by atoms with Crippen LogP contribution in [0.5, 0.6) is 0 Å². The molecular weight excluding hydrogens is 132 g/mol. The first kappa shape index (κ1) is 7.34. The average molecular weight is 144 g/mol. The maximum Gasteiger partial charge on any atom is 0.315 e. The molecule has 0 spiro atoms. The van der Waals surface area contributed by atoms with Gasteiger partial charge in [-0.1, -0.05) is 0 Å². The van der Waals surface area contributed by atoms with Crippen molar-refractivity contribution >= 4 is 6.03 Å². The number of primary amides is 1. The lowest BCUT2D eigenvalue weighted by Gasteiger charge is -2.44. The highest BCUT2D eigenvalue weighted by molar-refractivity contribution is 5.73. The molecule has 1 rings (SSSR count). The number of nitrogens with zero attached hydrogens (tertiary/aromatic N) is 1. The molecule has 1 aliphatic rings. The summed E-state index contributed by atoms with van der Waals surface area (Å²) in [6.45, 7) is 2.55. The molecule has 58 valence electrons. The van der Waals surface area contributed by atoms with E-state index < -0.39 is 0 Å². The molecule has 0 aromatic heterocycles. The summed E-state index contributed by atoms with van der Waals surface area (Å²) in [5.74, 6) is 0. The van der Waals surface area contributed by atoms with E-state index in [1.165, 1.54) is 0 Å². The van der Waals surface area contributed by atoms with Crippen LogP contribution in [0.1, 0.15) is 6.92 Å². The van der Waals surface area contributed by atoms with Crippen LogP contribution in [0.15, 0.2) is 0 Å². The molecule has 0 aliphatic carbocycles. The number of ether oxygens (including phenoxy) is 1. The van der Waals surface area contributed by atoms with Crippen molar-refractivity contribution in [3.63, 3.8) is 0 Å². The molecule has 1 heterocycles. The molecule has 2 amide bonds. The lowest BCUT2D eigenvalue weighted by atomic mass is 10.0. The van der Waals surface area contributed by atoms with E-state index in [4.69, 9.17) is 10.5 Å². The molecule has 0 bridgehead atoms. The van der Waals surface area contributed by atoms with E-state index in [0.29, 0.717) is 6.54 Å². The summed E-state index contributed by atoms with van der Waals surface area (Å²) < 4.78 is 5.03. The second-order valence-electron chi connectivity index (χ2n) is 2.51. The van der Waals surface area contributed by atoms with Crippen LogP contribution in [-0.4, -0.2) is 36.7 Å². The zero-order valence-electron chi connectivity index (χ0n) is 6.20. The van der Waals surface area contributed by atoms with E-state index in [1.54, 1.807) is 12.0 Å². The largest absolute Gasteiger partial charge is 0.377 e. The van der Waals surface area contributed by atoms with Crippen LogP contribution < -0.4 is 5.73 Å². The van der Waals surface area contributed by atoms with Crippen molar-refractivity contribution in [3.05, 3.63) is 0 Å². The summed E-state index contributed by atoms with van der Waals surface area (Å²) in [6.07, 6.45) is 0.174. The van der Waals surface area contributed by atoms with Crippen molar-refractivity contribution in [2.45, 2.75) is 19.1 Å². The zero-order chi connectivity index (χ0) is 7.72. The smallest absolute Gasteiger partial charge is 0.315 e. The van der Waals surface area contributed by atoms with Gasteiger partial charge in [0.1, 0.15) is 0 Å². The van der Waals surface area contributed by atoms with Crippen molar-refractivity contribution in [3.8, 4) is 0 Å². The fourth-order valence-corrected chi connectivity index (χ4v) is 1.14. The van der Waals surface area contributed by atoms with Gasteiger partial charge in [-0.05, 0) is 6.92 Å². The van der Waals surface area contributed by atoms with Crippen molar-refractivity contribution in [1.29, 1.82) is 0 Å². The number of carbonyl (C=O) groups excluding carboxylic acids is 1. The highest BCUT2D eigenvalue weighted by Crippen LogP contribution is 2.18. The predicted octanol–water partition coefficient (Wildman–Crippen LogP) is -0.216. The van der Waals surface area contributed by atoms with E-state index in [0.717, 1.165) is 0 Å². The van der Waals surface area contributed by atoms with Gasteiger partial charge in [-0.3, -0.25) is 0 Å². The number of nitrogens with two attached hydrogens (primary N) is 1. The summed E-state index contributed by atoms with van der Waals surface area (Å²) in [6, 6.07) is -0.219. The van der Waals surface area contributed by atoms with Crippen molar-refractivity contribution < 1.29 is 9.53 Å². The van der Waals surface area contributed by atoms with Crippen LogP contribution in [0.2, 0.25) is 0 Å². The van der Waals surface area contributed by atoms with Crippen LogP contribution >= 0.6 is 0 Å². The third-order valence-corrected chi connectivity index (χ3v) is 1.99. The quantitative estimate of drug-likeness (QED) is 0.553. The fraction of sp³-hybridized carbons (Fsp3) is 0.833. The van der Waals surface area contributed by atoms with Crippen LogP contribution in [0.25, 0.3) is 0 Å². The molecule has 0 saturated carbocycles. The summed E-state index contributed by atoms with van der Waals surface area (Å²) in [5, 5.41) is 0. The van der Waals surface area contributed by atoms with Crippen molar-refractivity contribution in [1.82, 2.24) is 4.90 Å². The fourth-order valence-electron chi connectivity index (χ4n) is 1.14. The van der Waals surface area contributed by atoms with Crippen LogP contribution in [0, 0.1) is 0 Å². The molecule has 1 saturated heterocycles. The Balaban J connectivity index is 2.39. The average Bonchev–Trinajstić information content (AvgIpc) is 1.85. The van der Waals surface area contributed by atoms with Gasteiger partial charge < -0.3 is 15.4 Å². The number of likely N-dealkylation sites (tertiary alicyclic amines) is 1. The Morgan fingerprint density at radius 3 is 2.70 bits per heavy atom. The molecule has 2 N–H and O–H groups in total. The minimum absolute atomic E-state index is 0.141. The first-order valence-corrected chi connectivity index (χ1v) is 3.25. The number of hydrogen-bond acceptors (Lipinski definition) is 2. The molecule has 0 radical (unpaired) electrons. The van der Waals surface area contributed by atoms with Crippen molar-refractivity contribution in [2.75, 3.05) is 13.7 Å². The summed E-state index contributed by atoms with van der Waals surface area (Å²) in [5.41, 5.74) is 5.04. The van der Waals surface area contributed by atoms with Gasteiger partial charge in [0.15, 0.2) is 0 Å². The molecule has 1 aliphatic heterocycles. The third kappa shape index (κ3) is 0.945. The second-order valence-corrected chi connectivity index (χ2v) is 2.51. The summed E-state index contributed by atoms with van der Waals surface area (Å²) in [7, 11) is 1.64. The van der Waals surface area contributed by atoms with E-state index in [9.17, 15) is 4.79 Å². The first-order chi connectivity index (χ1) is 4.66. The topological polar surface area (TPSA) is 55.6 Å². The Bertz CT molecular complexity index is 149. The lowest BCUT2D eigenvalue weighted by Crippen LogP contribution is -2.62. The molecule has 4 heteroatoms. The third-order valence-electron chi connectivity index (χ3n) is 1.99. The van der Waals surface area contributed by atoms with Gasteiger partial charge in [0.2, 0.25) is 0 Å². The minimum Gasteiger partial charge on any atom is -0.377 e. The molecule has 0 unspecified atom stereocenters. The van der Waals surface area contributed by atoms with Gasteiger partial charge in [0.25, 0.3) is 0 Å². The monoisotopic (exact) mass is 144 g/mol. The maximum atomic E-state index is 10.5. The highest BCUT2D eigenvalue weighted by Gasteiger charge is 2.37. The van der Waals surface area contributed by atoms with E-state index in [-0.39, 0.29) is 18.2 Å². The molecule has 10 heavy (non-hydrogen) atoms. The number of methoxy groups -OCH3 is 1. The normalized spacial score (nSPS) is 31.6. The Labute approximate surface area is 59.9 Å². The van der Waals surface area contributed by atoms with Gasteiger partial charge in [-0.25, -0.2) is 4.79 Å². The molecule has 0 aromatic carbocycles. The first-order valence-electron chi connectivity index (χ1n) is 3.25. The van der Waals surface area contributed by atoms with Gasteiger partial charge in [0.05, 0.1) is 18.7 Å². The highest BCUT2D eigenvalue weighted by atomic mass is 16.5. The Kier molecular flexibility index (Phi) is 1.80. The Morgan fingerprint density at radius 2 is 2.40 bits per heavy atom. The van der Waals surface area contributed by atoms with E-state index >= 15 is 0 Å². The number of carbonyl (C=O) groups is 1. The molecule has 1 fully saturated rings. The summed E-state index contributed by atoms with van der Waals surface area (Å²) >= 11 is 0. The number of amides is 2. The molecular formula is C6H12N2O2. The van der Waals surface area contributed by atoms with Crippen LogP contribution in [-0.2, 0) is 4.74 Å². The van der Waals surface area contributed by atoms with E-state index in [1.807, 2.05) is 6.92 Å². The Hall–Kier alpha value is -0.770. The number of urea groups is 1. The molecule has 2 atom stereocenters. The zero-order valence-corrected chi connectivity index (χ0v) is 6.20. The van der Waals surface area contributed by atoms with Crippen LogP contribution in [0.4, 0.5) is 4.79 Å². The lowest BCUT2D eigenvalue weighted by molar-refractivity contribution is -0.0501. The molecule has 0 aromatic rings. The Morgan fingerprint density at radius 1 is 1.80 bits per heavy atom. The van der Waals surface area contributed by atoms with Crippen LogP contribution in [0.3, 0.4) is 0 Å².